The third-order valence-electron chi connectivity index (χ3n) is 4.56. The number of piperazine rings is 1. The molecule has 2 aromatic carbocycles. The van der Waals surface area contributed by atoms with E-state index in [2.05, 4.69) is 62.5 Å². The van der Waals surface area contributed by atoms with E-state index in [-0.39, 0.29) is 0 Å². The Labute approximate surface area is 147 Å². The van der Waals surface area contributed by atoms with Gasteiger partial charge < -0.3 is 9.32 Å². The highest BCUT2D eigenvalue weighted by molar-refractivity contribution is 5.46. The van der Waals surface area contributed by atoms with E-state index in [1.807, 2.05) is 18.2 Å². The molecule has 2 heterocycles. The number of para-hydroxylation sites is 1. The highest BCUT2D eigenvalue weighted by Gasteiger charge is 2.19. The molecule has 0 N–H and O–H groups in total. The smallest absolute Gasteiger partial charge is 0.230 e. The molecule has 1 aliphatic rings. The van der Waals surface area contributed by atoms with Gasteiger partial charge in [-0.2, -0.15) is 0 Å². The number of anilines is 1. The Hall–Kier alpha value is -2.66. The van der Waals surface area contributed by atoms with E-state index in [1.54, 1.807) is 0 Å². The van der Waals surface area contributed by atoms with Gasteiger partial charge >= 0.3 is 0 Å². The van der Waals surface area contributed by atoms with Gasteiger partial charge in [0.1, 0.15) is 0 Å². The Morgan fingerprint density at radius 2 is 1.40 bits per heavy atom. The molecule has 0 unspecified atom stereocenters. The second-order valence-corrected chi connectivity index (χ2v) is 6.35. The van der Waals surface area contributed by atoms with E-state index in [0.717, 1.165) is 32.7 Å². The van der Waals surface area contributed by atoms with Gasteiger partial charge in [0.05, 0.1) is 13.0 Å². The molecule has 0 radical (unpaired) electrons. The van der Waals surface area contributed by atoms with E-state index >= 15 is 0 Å². The van der Waals surface area contributed by atoms with Crippen molar-refractivity contribution in [3.05, 3.63) is 78.0 Å². The molecule has 25 heavy (non-hydrogen) atoms. The highest BCUT2D eigenvalue weighted by Crippen LogP contribution is 2.17. The summed E-state index contributed by atoms with van der Waals surface area (Å²) in [6.07, 6.45) is 0.690. The van der Waals surface area contributed by atoms with Crippen LogP contribution in [0.4, 0.5) is 5.69 Å². The summed E-state index contributed by atoms with van der Waals surface area (Å²) in [5.41, 5.74) is 2.49. The van der Waals surface area contributed by atoms with Crippen LogP contribution in [-0.4, -0.2) is 41.3 Å². The van der Waals surface area contributed by atoms with E-state index in [1.165, 1.54) is 11.3 Å². The molecule has 0 bridgehead atoms. The van der Waals surface area contributed by atoms with Crippen LogP contribution >= 0.6 is 0 Å². The minimum absolute atomic E-state index is 0.684. The topological polar surface area (TPSA) is 45.4 Å². The van der Waals surface area contributed by atoms with Crippen molar-refractivity contribution in [2.75, 3.05) is 31.1 Å². The van der Waals surface area contributed by atoms with Crippen LogP contribution in [0.3, 0.4) is 0 Å². The number of nitrogens with zero attached hydrogens (tertiary/aromatic N) is 4. The fourth-order valence-corrected chi connectivity index (χ4v) is 3.19. The summed E-state index contributed by atoms with van der Waals surface area (Å²) in [6, 6.07) is 20.8. The molecule has 1 aromatic heterocycles. The maximum absolute atomic E-state index is 5.82. The molecule has 1 fully saturated rings. The zero-order valence-electron chi connectivity index (χ0n) is 14.2. The van der Waals surface area contributed by atoms with Crippen LogP contribution in [0.2, 0.25) is 0 Å². The number of hydrogen-bond donors (Lipinski definition) is 0. The van der Waals surface area contributed by atoms with Crippen molar-refractivity contribution in [3.8, 4) is 0 Å². The summed E-state index contributed by atoms with van der Waals surface area (Å²) in [7, 11) is 0. The molecule has 5 nitrogen and oxygen atoms in total. The van der Waals surface area contributed by atoms with Crippen molar-refractivity contribution in [2.24, 2.45) is 0 Å². The van der Waals surface area contributed by atoms with Gasteiger partial charge in [0, 0.05) is 31.9 Å². The van der Waals surface area contributed by atoms with Crippen LogP contribution in [0.15, 0.2) is 65.1 Å². The van der Waals surface area contributed by atoms with Crippen LogP contribution in [0.5, 0.6) is 0 Å². The van der Waals surface area contributed by atoms with E-state index < -0.39 is 0 Å². The SMILES string of the molecule is c1ccc(Cc2nnc(CN3CCN(c4ccccc4)CC3)o2)cc1. The Kier molecular flexibility index (Phi) is 4.74. The van der Waals surface area contributed by atoms with Crippen LogP contribution in [-0.2, 0) is 13.0 Å². The van der Waals surface area contributed by atoms with Gasteiger partial charge in [-0.25, -0.2) is 0 Å². The molecule has 3 aromatic rings. The maximum Gasteiger partial charge on any atom is 0.230 e. The summed E-state index contributed by atoms with van der Waals surface area (Å²) in [6.45, 7) is 4.78. The first-order valence-corrected chi connectivity index (χ1v) is 8.74. The fraction of sp³-hybridized carbons (Fsp3) is 0.300. The minimum Gasteiger partial charge on any atom is -0.424 e. The Balaban J connectivity index is 1.30. The first kappa shape index (κ1) is 15.8. The van der Waals surface area contributed by atoms with Crippen molar-refractivity contribution in [2.45, 2.75) is 13.0 Å². The van der Waals surface area contributed by atoms with Gasteiger partial charge in [-0.3, -0.25) is 4.90 Å². The van der Waals surface area contributed by atoms with Crippen LogP contribution in [0.25, 0.3) is 0 Å². The normalized spacial score (nSPS) is 15.4. The lowest BCUT2D eigenvalue weighted by atomic mass is 10.2. The molecular formula is C20H22N4O. The van der Waals surface area contributed by atoms with Gasteiger partial charge in [-0.1, -0.05) is 48.5 Å². The molecule has 0 aliphatic carbocycles. The molecule has 1 saturated heterocycles. The summed E-state index contributed by atoms with van der Waals surface area (Å²) in [5, 5.41) is 8.40. The molecule has 0 saturated carbocycles. The molecule has 1 aliphatic heterocycles. The molecule has 128 valence electrons. The summed E-state index contributed by atoms with van der Waals surface area (Å²) in [5.74, 6) is 1.39. The van der Waals surface area contributed by atoms with Crippen molar-refractivity contribution < 1.29 is 4.42 Å². The predicted molar refractivity (Wildman–Crippen MR) is 97.5 cm³/mol. The zero-order chi connectivity index (χ0) is 16.9. The van der Waals surface area contributed by atoms with Crippen LogP contribution < -0.4 is 4.90 Å². The molecule has 0 spiro atoms. The average molecular weight is 334 g/mol. The summed E-state index contributed by atoms with van der Waals surface area (Å²) >= 11 is 0. The monoisotopic (exact) mass is 334 g/mol. The Bertz CT molecular complexity index is 780. The van der Waals surface area contributed by atoms with Crippen molar-refractivity contribution in [1.82, 2.24) is 15.1 Å². The molecule has 0 atom stereocenters. The van der Waals surface area contributed by atoms with Gasteiger partial charge in [-0.05, 0) is 17.7 Å². The third-order valence-corrected chi connectivity index (χ3v) is 4.56. The number of aromatic nitrogens is 2. The lowest BCUT2D eigenvalue weighted by molar-refractivity contribution is 0.224. The Morgan fingerprint density at radius 3 is 2.12 bits per heavy atom. The molecular weight excluding hydrogens is 312 g/mol. The number of rotatable bonds is 5. The molecule has 5 heteroatoms. The van der Waals surface area contributed by atoms with Crippen molar-refractivity contribution in [1.29, 1.82) is 0 Å². The standard InChI is InChI=1S/C20H22N4O/c1-3-7-17(8-4-1)15-19-21-22-20(25-19)16-23-11-13-24(14-12-23)18-9-5-2-6-10-18/h1-10H,11-16H2. The average Bonchev–Trinajstić information content (AvgIpc) is 3.11. The van der Waals surface area contributed by atoms with Crippen molar-refractivity contribution >= 4 is 5.69 Å². The van der Waals surface area contributed by atoms with E-state index in [0.29, 0.717) is 18.2 Å². The lowest BCUT2D eigenvalue weighted by Gasteiger charge is -2.35. The first-order chi connectivity index (χ1) is 12.4. The number of benzene rings is 2. The second kappa shape index (κ2) is 7.49. The largest absolute Gasteiger partial charge is 0.424 e. The van der Waals surface area contributed by atoms with Crippen LogP contribution in [0.1, 0.15) is 17.3 Å². The molecule has 0 amide bonds. The summed E-state index contributed by atoms with van der Waals surface area (Å²) < 4.78 is 5.82. The van der Waals surface area contributed by atoms with Gasteiger partial charge in [0.2, 0.25) is 11.8 Å². The second-order valence-electron chi connectivity index (χ2n) is 6.35. The number of hydrogen-bond acceptors (Lipinski definition) is 5. The van der Waals surface area contributed by atoms with E-state index in [4.69, 9.17) is 4.42 Å². The molecule has 4 rings (SSSR count). The minimum atomic E-state index is 0.684. The lowest BCUT2D eigenvalue weighted by Crippen LogP contribution is -2.46. The maximum atomic E-state index is 5.82. The van der Waals surface area contributed by atoms with Gasteiger partial charge in [0.25, 0.3) is 0 Å². The van der Waals surface area contributed by atoms with Crippen LogP contribution in [0, 0.1) is 0 Å². The third kappa shape index (κ3) is 4.06. The predicted octanol–water partition coefficient (Wildman–Crippen LogP) is 2.98. The van der Waals surface area contributed by atoms with Gasteiger partial charge in [0.15, 0.2) is 0 Å². The van der Waals surface area contributed by atoms with E-state index in [9.17, 15) is 0 Å². The van der Waals surface area contributed by atoms with Gasteiger partial charge in [-0.15, -0.1) is 10.2 Å². The Morgan fingerprint density at radius 1 is 0.760 bits per heavy atom. The van der Waals surface area contributed by atoms with Crippen molar-refractivity contribution in [3.63, 3.8) is 0 Å². The quantitative estimate of drug-likeness (QED) is 0.718. The fourth-order valence-electron chi connectivity index (χ4n) is 3.19. The summed E-state index contributed by atoms with van der Waals surface area (Å²) in [4.78, 5) is 4.80. The first-order valence-electron chi connectivity index (χ1n) is 8.74. The highest BCUT2D eigenvalue weighted by atomic mass is 16.4. The zero-order valence-corrected chi connectivity index (χ0v) is 14.2.